The largest absolute Gasteiger partial charge is 0.468 e. The van der Waals surface area contributed by atoms with Crippen molar-refractivity contribution in [2.75, 3.05) is 19.0 Å². The topological polar surface area (TPSA) is 97.4 Å². The number of unbranched alkanes of at least 4 members (excludes halogenated alkanes) is 1. The zero-order chi connectivity index (χ0) is 19.8. The summed E-state index contributed by atoms with van der Waals surface area (Å²) in [6, 6.07) is 6.43. The molecule has 0 radical (unpaired) electrons. The first-order chi connectivity index (χ1) is 12.9. The molecule has 7 nitrogen and oxygen atoms in total. The standard InChI is InChI=1S/C19H23N3O4S/c1-4-5-6-15-21-12(2)17(27-15)19(25)22-14-9-7-13(8-10-14)18(24)20-11-16(23)26-3/h7-10H,4-6,11H2,1-3H3,(H,20,24)(H,22,25). The highest BCUT2D eigenvalue weighted by Gasteiger charge is 2.15. The van der Waals surface area contributed by atoms with E-state index in [4.69, 9.17) is 0 Å². The number of aromatic nitrogens is 1. The van der Waals surface area contributed by atoms with Crippen LogP contribution < -0.4 is 10.6 Å². The van der Waals surface area contributed by atoms with Crippen molar-refractivity contribution in [3.8, 4) is 0 Å². The number of nitrogens with zero attached hydrogens (tertiary/aromatic N) is 1. The van der Waals surface area contributed by atoms with E-state index in [0.717, 1.165) is 30.0 Å². The van der Waals surface area contributed by atoms with Gasteiger partial charge in [-0.15, -0.1) is 11.3 Å². The predicted octanol–water partition coefficient (Wildman–Crippen LogP) is 2.95. The first-order valence-corrected chi connectivity index (χ1v) is 9.49. The van der Waals surface area contributed by atoms with Crippen molar-refractivity contribution >= 4 is 34.8 Å². The van der Waals surface area contributed by atoms with Gasteiger partial charge in [-0.3, -0.25) is 14.4 Å². The number of benzene rings is 1. The molecule has 144 valence electrons. The lowest BCUT2D eigenvalue weighted by Gasteiger charge is -2.06. The van der Waals surface area contributed by atoms with Crippen molar-refractivity contribution in [1.29, 1.82) is 0 Å². The van der Waals surface area contributed by atoms with E-state index in [1.807, 2.05) is 6.92 Å². The molecule has 1 aromatic carbocycles. The summed E-state index contributed by atoms with van der Waals surface area (Å²) in [5.74, 6) is -1.13. The predicted molar refractivity (Wildman–Crippen MR) is 104 cm³/mol. The highest BCUT2D eigenvalue weighted by molar-refractivity contribution is 7.13. The number of hydrogen-bond acceptors (Lipinski definition) is 6. The van der Waals surface area contributed by atoms with Crippen LogP contribution in [0.3, 0.4) is 0 Å². The van der Waals surface area contributed by atoms with Gasteiger partial charge < -0.3 is 15.4 Å². The fourth-order valence-electron chi connectivity index (χ4n) is 2.32. The maximum Gasteiger partial charge on any atom is 0.325 e. The molecule has 0 fully saturated rings. The van der Waals surface area contributed by atoms with Crippen LogP contribution in [0.15, 0.2) is 24.3 Å². The van der Waals surface area contributed by atoms with E-state index in [0.29, 0.717) is 16.1 Å². The SMILES string of the molecule is CCCCc1nc(C)c(C(=O)Nc2ccc(C(=O)NCC(=O)OC)cc2)s1. The zero-order valence-corrected chi connectivity index (χ0v) is 16.4. The van der Waals surface area contributed by atoms with E-state index in [1.54, 1.807) is 24.3 Å². The van der Waals surface area contributed by atoms with Crippen molar-refractivity contribution < 1.29 is 19.1 Å². The van der Waals surface area contributed by atoms with Gasteiger partial charge in [-0.25, -0.2) is 4.98 Å². The lowest BCUT2D eigenvalue weighted by molar-refractivity contribution is -0.139. The van der Waals surface area contributed by atoms with Gasteiger partial charge in [0.2, 0.25) is 0 Å². The van der Waals surface area contributed by atoms with Gasteiger partial charge in [0, 0.05) is 11.3 Å². The molecule has 0 unspecified atom stereocenters. The summed E-state index contributed by atoms with van der Waals surface area (Å²) in [5, 5.41) is 6.24. The van der Waals surface area contributed by atoms with Crippen molar-refractivity contribution in [3.63, 3.8) is 0 Å². The van der Waals surface area contributed by atoms with Gasteiger partial charge in [-0.1, -0.05) is 13.3 Å². The molecule has 0 atom stereocenters. The van der Waals surface area contributed by atoms with Gasteiger partial charge in [0.1, 0.15) is 11.4 Å². The number of hydrogen-bond donors (Lipinski definition) is 2. The van der Waals surface area contributed by atoms with Crippen LogP contribution in [0.1, 0.15) is 50.5 Å². The molecule has 27 heavy (non-hydrogen) atoms. The molecule has 0 bridgehead atoms. The van der Waals surface area contributed by atoms with E-state index in [1.165, 1.54) is 18.4 Å². The van der Waals surface area contributed by atoms with E-state index in [2.05, 4.69) is 27.3 Å². The molecule has 0 aliphatic rings. The average molecular weight is 389 g/mol. The van der Waals surface area contributed by atoms with Crippen LogP contribution in [0.25, 0.3) is 0 Å². The van der Waals surface area contributed by atoms with E-state index < -0.39 is 11.9 Å². The number of esters is 1. The first-order valence-electron chi connectivity index (χ1n) is 8.67. The Kier molecular flexibility index (Phi) is 7.48. The Balaban J connectivity index is 1.97. The van der Waals surface area contributed by atoms with Gasteiger partial charge in [0.05, 0.1) is 17.8 Å². The Morgan fingerprint density at radius 1 is 1.15 bits per heavy atom. The Morgan fingerprint density at radius 2 is 1.85 bits per heavy atom. The summed E-state index contributed by atoms with van der Waals surface area (Å²) in [4.78, 5) is 40.5. The molecular formula is C19H23N3O4S. The second-order valence-corrected chi connectivity index (χ2v) is 7.00. The van der Waals surface area contributed by atoms with Crippen molar-refractivity contribution in [3.05, 3.63) is 45.4 Å². The van der Waals surface area contributed by atoms with Gasteiger partial charge in [0.15, 0.2) is 0 Å². The van der Waals surface area contributed by atoms with Crippen molar-refractivity contribution in [2.45, 2.75) is 33.1 Å². The summed E-state index contributed by atoms with van der Waals surface area (Å²) < 4.78 is 4.47. The quantitative estimate of drug-likeness (QED) is 0.677. The normalized spacial score (nSPS) is 10.3. The number of nitrogens with one attached hydrogen (secondary N) is 2. The number of ether oxygens (including phenoxy) is 1. The van der Waals surface area contributed by atoms with Crippen molar-refractivity contribution in [1.82, 2.24) is 10.3 Å². The lowest BCUT2D eigenvalue weighted by Crippen LogP contribution is -2.30. The Hall–Kier alpha value is -2.74. The van der Waals surface area contributed by atoms with E-state index in [-0.39, 0.29) is 12.5 Å². The zero-order valence-electron chi connectivity index (χ0n) is 15.6. The van der Waals surface area contributed by atoms with E-state index in [9.17, 15) is 14.4 Å². The van der Waals surface area contributed by atoms with Crippen LogP contribution >= 0.6 is 11.3 Å². The molecule has 1 heterocycles. The molecule has 2 rings (SSSR count). The number of anilines is 1. The smallest absolute Gasteiger partial charge is 0.325 e. The molecule has 2 amide bonds. The Labute approximate surface area is 162 Å². The minimum Gasteiger partial charge on any atom is -0.468 e. The molecule has 0 spiro atoms. The molecule has 0 saturated carbocycles. The van der Waals surface area contributed by atoms with Crippen LogP contribution in [0, 0.1) is 6.92 Å². The van der Waals surface area contributed by atoms with Crippen LogP contribution in [0.2, 0.25) is 0 Å². The minimum atomic E-state index is -0.523. The summed E-state index contributed by atoms with van der Waals surface area (Å²) in [5.41, 5.74) is 1.68. The number of thiazole rings is 1. The maximum absolute atomic E-state index is 12.5. The fourth-order valence-corrected chi connectivity index (χ4v) is 3.32. The van der Waals surface area contributed by atoms with Crippen molar-refractivity contribution in [2.24, 2.45) is 0 Å². The highest BCUT2D eigenvalue weighted by atomic mass is 32.1. The lowest BCUT2D eigenvalue weighted by atomic mass is 10.2. The molecule has 0 saturated heterocycles. The molecule has 0 aliphatic carbocycles. The second-order valence-electron chi connectivity index (χ2n) is 5.92. The average Bonchev–Trinajstić information content (AvgIpc) is 3.05. The highest BCUT2D eigenvalue weighted by Crippen LogP contribution is 2.21. The first kappa shape index (κ1) is 20.6. The van der Waals surface area contributed by atoms with Crippen LogP contribution in [0.4, 0.5) is 5.69 Å². The molecular weight excluding hydrogens is 366 g/mol. The summed E-state index contributed by atoms with van der Waals surface area (Å²) in [7, 11) is 1.25. The van der Waals surface area contributed by atoms with Gasteiger partial charge >= 0.3 is 5.97 Å². The van der Waals surface area contributed by atoms with Gasteiger partial charge in [-0.2, -0.15) is 0 Å². The maximum atomic E-state index is 12.5. The third kappa shape index (κ3) is 5.89. The van der Waals surface area contributed by atoms with Gasteiger partial charge in [0.25, 0.3) is 11.8 Å². The monoisotopic (exact) mass is 389 g/mol. The van der Waals surface area contributed by atoms with Crippen LogP contribution in [-0.4, -0.2) is 36.4 Å². The number of amides is 2. The second kappa shape index (κ2) is 9.82. The summed E-state index contributed by atoms with van der Waals surface area (Å²) >= 11 is 1.42. The molecule has 2 aromatic rings. The molecule has 1 aromatic heterocycles. The van der Waals surface area contributed by atoms with Crippen LogP contribution in [-0.2, 0) is 16.0 Å². The fraction of sp³-hybridized carbons (Fsp3) is 0.368. The Bertz CT molecular complexity index is 815. The molecule has 0 aliphatic heterocycles. The molecule has 8 heteroatoms. The minimum absolute atomic E-state index is 0.196. The Morgan fingerprint density at radius 3 is 2.48 bits per heavy atom. The van der Waals surface area contributed by atoms with E-state index >= 15 is 0 Å². The molecule has 2 N–H and O–H groups in total. The van der Waals surface area contributed by atoms with Gasteiger partial charge in [-0.05, 0) is 44.0 Å². The number of aryl methyl sites for hydroxylation is 2. The number of rotatable bonds is 8. The number of carbonyl (C=O) groups is 3. The summed E-state index contributed by atoms with van der Waals surface area (Å²) in [6.07, 6.45) is 3.01. The third-order valence-corrected chi connectivity index (χ3v) is 5.03. The number of methoxy groups -OCH3 is 1. The third-order valence-electron chi connectivity index (χ3n) is 3.82. The van der Waals surface area contributed by atoms with Crippen LogP contribution in [0.5, 0.6) is 0 Å². The number of carbonyl (C=O) groups excluding carboxylic acids is 3. The summed E-state index contributed by atoms with van der Waals surface area (Å²) in [6.45, 7) is 3.75.